The van der Waals surface area contributed by atoms with Gasteiger partial charge in [0.1, 0.15) is 0 Å². The molecule has 0 saturated carbocycles. The molecule has 0 spiro atoms. The lowest BCUT2D eigenvalue weighted by Gasteiger charge is -2.09. The second-order valence-corrected chi connectivity index (χ2v) is 4.94. The molecule has 0 heterocycles. The second-order valence-electron chi connectivity index (χ2n) is 3.81. The number of allylic oxidation sites excluding steroid dienone is 1. The Morgan fingerprint density at radius 3 is 2.18 bits per heavy atom. The first-order valence-electron chi connectivity index (χ1n) is 4.97. The van der Waals surface area contributed by atoms with E-state index in [1.54, 1.807) is 6.08 Å². The topological polar surface area (TPSA) is 20.2 Å². The fraction of sp³-hybridized carbons (Fsp3) is 0.333. The molecule has 0 aliphatic heterocycles. The SMILES string of the molecule is CC(C)=CC(O)c1ccc(SC(F)(F)F)cc1. The summed E-state index contributed by atoms with van der Waals surface area (Å²) >= 11 is -0.162. The molecule has 0 fully saturated rings. The van der Waals surface area contributed by atoms with Crippen molar-refractivity contribution in [1.82, 2.24) is 0 Å². The molecule has 17 heavy (non-hydrogen) atoms. The van der Waals surface area contributed by atoms with Crippen LogP contribution in [0.3, 0.4) is 0 Å². The zero-order valence-corrected chi connectivity index (χ0v) is 10.3. The van der Waals surface area contributed by atoms with Gasteiger partial charge < -0.3 is 5.11 Å². The molecule has 1 nitrogen and oxygen atoms in total. The van der Waals surface area contributed by atoms with Gasteiger partial charge in [0.2, 0.25) is 0 Å². The molecular formula is C12H13F3OS. The van der Waals surface area contributed by atoms with Gasteiger partial charge in [-0.1, -0.05) is 23.8 Å². The smallest absolute Gasteiger partial charge is 0.384 e. The van der Waals surface area contributed by atoms with Crippen LogP contribution in [0.5, 0.6) is 0 Å². The first-order chi connectivity index (χ1) is 7.78. The summed E-state index contributed by atoms with van der Waals surface area (Å²) in [4.78, 5) is 0.116. The summed E-state index contributed by atoms with van der Waals surface area (Å²) in [6.07, 6.45) is 0.872. The second kappa shape index (κ2) is 5.60. The lowest BCUT2D eigenvalue weighted by Crippen LogP contribution is -1.99. The van der Waals surface area contributed by atoms with Crippen molar-refractivity contribution < 1.29 is 18.3 Å². The first kappa shape index (κ1) is 14.1. The average molecular weight is 262 g/mol. The maximum absolute atomic E-state index is 12.1. The molecule has 0 aromatic heterocycles. The van der Waals surface area contributed by atoms with Crippen LogP contribution in [-0.4, -0.2) is 10.6 Å². The van der Waals surface area contributed by atoms with E-state index >= 15 is 0 Å². The van der Waals surface area contributed by atoms with Crippen molar-refractivity contribution in [1.29, 1.82) is 0 Å². The van der Waals surface area contributed by atoms with E-state index in [1.165, 1.54) is 24.3 Å². The third-order valence-corrected chi connectivity index (χ3v) is 2.69. The first-order valence-corrected chi connectivity index (χ1v) is 5.78. The maximum atomic E-state index is 12.1. The standard InChI is InChI=1S/C12H13F3OS/c1-8(2)7-11(16)9-3-5-10(6-4-9)17-12(13,14)15/h3-7,11,16H,1-2H3. The van der Waals surface area contributed by atoms with Crippen molar-refractivity contribution in [3.8, 4) is 0 Å². The Kier molecular flexibility index (Phi) is 4.65. The van der Waals surface area contributed by atoms with Gasteiger partial charge in [-0.15, -0.1) is 0 Å². The monoisotopic (exact) mass is 262 g/mol. The minimum Gasteiger partial charge on any atom is -0.384 e. The summed E-state index contributed by atoms with van der Waals surface area (Å²) in [7, 11) is 0. The number of alkyl halides is 3. The van der Waals surface area contributed by atoms with E-state index in [1.807, 2.05) is 13.8 Å². The van der Waals surface area contributed by atoms with Crippen LogP contribution >= 0.6 is 11.8 Å². The molecule has 1 atom stereocenters. The van der Waals surface area contributed by atoms with Crippen LogP contribution < -0.4 is 0 Å². The highest BCUT2D eigenvalue weighted by molar-refractivity contribution is 8.00. The number of halogens is 3. The third-order valence-electron chi connectivity index (χ3n) is 1.95. The van der Waals surface area contributed by atoms with Gasteiger partial charge in [-0.05, 0) is 43.3 Å². The Morgan fingerprint density at radius 1 is 1.24 bits per heavy atom. The maximum Gasteiger partial charge on any atom is 0.446 e. The highest BCUT2D eigenvalue weighted by atomic mass is 32.2. The van der Waals surface area contributed by atoms with Crippen LogP contribution in [-0.2, 0) is 0 Å². The molecule has 1 aromatic rings. The van der Waals surface area contributed by atoms with Crippen LogP contribution in [0.1, 0.15) is 25.5 Å². The minimum absolute atomic E-state index is 0.116. The fourth-order valence-electron chi connectivity index (χ4n) is 1.28. The Morgan fingerprint density at radius 2 is 1.76 bits per heavy atom. The highest BCUT2D eigenvalue weighted by Crippen LogP contribution is 2.37. The normalized spacial score (nSPS) is 13.3. The number of thioether (sulfide) groups is 1. The molecule has 94 valence electrons. The summed E-state index contributed by atoms with van der Waals surface area (Å²) in [6, 6.07) is 5.71. The Balaban J connectivity index is 2.78. The van der Waals surface area contributed by atoms with Crippen molar-refractivity contribution in [2.45, 2.75) is 30.4 Å². The van der Waals surface area contributed by atoms with Crippen molar-refractivity contribution in [2.24, 2.45) is 0 Å². The molecular weight excluding hydrogens is 249 g/mol. The van der Waals surface area contributed by atoms with Crippen molar-refractivity contribution in [2.75, 3.05) is 0 Å². The van der Waals surface area contributed by atoms with Crippen LogP contribution in [0.15, 0.2) is 40.8 Å². The van der Waals surface area contributed by atoms with Gasteiger partial charge in [-0.2, -0.15) is 13.2 Å². The van der Waals surface area contributed by atoms with Gasteiger partial charge in [0.15, 0.2) is 0 Å². The zero-order valence-electron chi connectivity index (χ0n) is 9.45. The molecule has 1 rings (SSSR count). The number of aliphatic hydroxyl groups excluding tert-OH is 1. The molecule has 5 heteroatoms. The van der Waals surface area contributed by atoms with E-state index in [0.29, 0.717) is 5.56 Å². The number of hydrogen-bond acceptors (Lipinski definition) is 2. The largest absolute Gasteiger partial charge is 0.446 e. The quantitative estimate of drug-likeness (QED) is 0.647. The van der Waals surface area contributed by atoms with Crippen LogP contribution in [0.4, 0.5) is 13.2 Å². The van der Waals surface area contributed by atoms with Gasteiger partial charge in [0.25, 0.3) is 0 Å². The molecule has 0 aliphatic rings. The van der Waals surface area contributed by atoms with Gasteiger partial charge in [0, 0.05) is 4.90 Å². The molecule has 0 saturated heterocycles. The van der Waals surface area contributed by atoms with E-state index in [2.05, 4.69) is 0 Å². The molecule has 0 aliphatic carbocycles. The van der Waals surface area contributed by atoms with Crippen LogP contribution in [0, 0.1) is 0 Å². The molecule has 1 unspecified atom stereocenters. The van der Waals surface area contributed by atoms with Crippen LogP contribution in [0.2, 0.25) is 0 Å². The average Bonchev–Trinajstić information content (AvgIpc) is 2.15. The predicted molar refractivity (Wildman–Crippen MR) is 62.7 cm³/mol. The van der Waals surface area contributed by atoms with E-state index < -0.39 is 11.6 Å². The molecule has 1 N–H and O–H groups in total. The number of hydrogen-bond donors (Lipinski definition) is 1. The predicted octanol–water partition coefficient (Wildman–Crippen LogP) is 4.30. The van der Waals surface area contributed by atoms with Crippen molar-refractivity contribution in [3.05, 3.63) is 41.5 Å². The van der Waals surface area contributed by atoms with Crippen LogP contribution in [0.25, 0.3) is 0 Å². The minimum atomic E-state index is -4.28. The molecule has 0 bridgehead atoms. The molecule has 0 amide bonds. The molecule has 0 radical (unpaired) electrons. The summed E-state index contributed by atoms with van der Waals surface area (Å²) in [6.45, 7) is 3.69. The van der Waals surface area contributed by atoms with E-state index in [0.717, 1.165) is 5.57 Å². The molecule has 1 aromatic carbocycles. The Hall–Kier alpha value is -0.940. The lowest BCUT2D eigenvalue weighted by molar-refractivity contribution is -0.0328. The summed E-state index contributed by atoms with van der Waals surface area (Å²) in [5.41, 5.74) is -2.75. The summed E-state index contributed by atoms with van der Waals surface area (Å²) < 4.78 is 36.2. The van der Waals surface area contributed by atoms with E-state index in [-0.39, 0.29) is 16.7 Å². The number of rotatable bonds is 3. The fourth-order valence-corrected chi connectivity index (χ4v) is 1.82. The van der Waals surface area contributed by atoms with E-state index in [4.69, 9.17) is 0 Å². The number of benzene rings is 1. The Labute approximate surface area is 102 Å². The van der Waals surface area contributed by atoms with Gasteiger partial charge in [-0.3, -0.25) is 0 Å². The summed E-state index contributed by atoms with van der Waals surface area (Å²) in [5, 5.41) is 9.71. The lowest BCUT2D eigenvalue weighted by atomic mass is 10.1. The summed E-state index contributed by atoms with van der Waals surface area (Å²) in [5.74, 6) is 0. The van der Waals surface area contributed by atoms with Crippen molar-refractivity contribution in [3.63, 3.8) is 0 Å². The number of aliphatic hydroxyl groups is 1. The van der Waals surface area contributed by atoms with E-state index in [9.17, 15) is 18.3 Å². The van der Waals surface area contributed by atoms with Gasteiger partial charge in [0.05, 0.1) is 6.10 Å². The van der Waals surface area contributed by atoms with Gasteiger partial charge in [-0.25, -0.2) is 0 Å². The highest BCUT2D eigenvalue weighted by Gasteiger charge is 2.29. The van der Waals surface area contributed by atoms with Crippen molar-refractivity contribution >= 4 is 11.8 Å². The van der Waals surface area contributed by atoms with Gasteiger partial charge >= 0.3 is 5.51 Å². The zero-order chi connectivity index (χ0) is 13.1. The third kappa shape index (κ3) is 5.28. The Bertz CT molecular complexity index is 391.